The van der Waals surface area contributed by atoms with Gasteiger partial charge in [0, 0.05) is 25.2 Å². The lowest BCUT2D eigenvalue weighted by atomic mass is 10.00. The van der Waals surface area contributed by atoms with Crippen molar-refractivity contribution < 1.29 is 14.3 Å². The topological polar surface area (TPSA) is 42.0 Å². The molecule has 0 bridgehead atoms. The Morgan fingerprint density at radius 1 is 1.07 bits per heavy atom. The standard InChI is InChI=1S/C23H28N2O3/c1-27-19-9-10-22(28-2)20(14-19)21-8-5-12-25(21)23(26)16-24-13-11-17-6-3-4-7-18(17)15-24/h3-4,6-7,9-10,14,21H,5,8,11-13,15-16H2,1-2H3/t21-/m0/s1. The van der Waals surface area contributed by atoms with E-state index in [9.17, 15) is 4.79 Å². The van der Waals surface area contributed by atoms with Crippen LogP contribution in [0.5, 0.6) is 11.5 Å². The summed E-state index contributed by atoms with van der Waals surface area (Å²) >= 11 is 0. The highest BCUT2D eigenvalue weighted by atomic mass is 16.5. The molecule has 0 unspecified atom stereocenters. The van der Waals surface area contributed by atoms with Gasteiger partial charge in [0.2, 0.25) is 5.91 Å². The second-order valence-corrected chi connectivity index (χ2v) is 7.58. The molecule has 1 atom stereocenters. The van der Waals surface area contributed by atoms with Crippen LogP contribution in [0.15, 0.2) is 42.5 Å². The summed E-state index contributed by atoms with van der Waals surface area (Å²) in [5.41, 5.74) is 3.79. The lowest BCUT2D eigenvalue weighted by Crippen LogP contribution is -2.42. The van der Waals surface area contributed by atoms with E-state index in [0.29, 0.717) is 6.54 Å². The normalized spacial score (nSPS) is 19.4. The van der Waals surface area contributed by atoms with Crippen molar-refractivity contribution in [3.8, 4) is 11.5 Å². The Kier molecular flexibility index (Phi) is 5.53. The Balaban J connectivity index is 1.49. The zero-order chi connectivity index (χ0) is 19.5. The quantitative estimate of drug-likeness (QED) is 0.797. The maximum Gasteiger partial charge on any atom is 0.237 e. The van der Waals surface area contributed by atoms with Crippen LogP contribution < -0.4 is 9.47 Å². The summed E-state index contributed by atoms with van der Waals surface area (Å²) < 4.78 is 11.0. The number of amides is 1. The van der Waals surface area contributed by atoms with Crippen LogP contribution in [-0.2, 0) is 17.8 Å². The molecule has 1 fully saturated rings. The summed E-state index contributed by atoms with van der Waals surface area (Å²) in [7, 11) is 3.34. The molecule has 2 aromatic carbocycles. The van der Waals surface area contributed by atoms with Crippen molar-refractivity contribution in [2.24, 2.45) is 0 Å². The van der Waals surface area contributed by atoms with Crippen molar-refractivity contribution in [3.05, 3.63) is 59.2 Å². The van der Waals surface area contributed by atoms with Crippen molar-refractivity contribution in [1.82, 2.24) is 9.80 Å². The fourth-order valence-corrected chi connectivity index (χ4v) is 4.46. The molecule has 5 nitrogen and oxygen atoms in total. The van der Waals surface area contributed by atoms with Crippen molar-refractivity contribution in [2.45, 2.75) is 31.8 Å². The Labute approximate surface area is 166 Å². The molecule has 4 rings (SSSR count). The molecule has 2 aromatic rings. The molecule has 5 heteroatoms. The number of ether oxygens (including phenoxy) is 2. The number of carbonyl (C=O) groups excluding carboxylic acids is 1. The molecule has 0 aromatic heterocycles. The van der Waals surface area contributed by atoms with Gasteiger partial charge in [-0.05, 0) is 48.6 Å². The molecular weight excluding hydrogens is 352 g/mol. The second kappa shape index (κ2) is 8.23. The number of methoxy groups -OCH3 is 2. The van der Waals surface area contributed by atoms with E-state index in [-0.39, 0.29) is 11.9 Å². The zero-order valence-electron chi connectivity index (χ0n) is 16.7. The van der Waals surface area contributed by atoms with Crippen LogP contribution in [0, 0.1) is 0 Å². The van der Waals surface area contributed by atoms with E-state index in [1.54, 1.807) is 14.2 Å². The first-order valence-corrected chi connectivity index (χ1v) is 10.00. The van der Waals surface area contributed by atoms with E-state index in [0.717, 1.165) is 56.0 Å². The molecule has 1 saturated heterocycles. The van der Waals surface area contributed by atoms with Gasteiger partial charge in [-0.2, -0.15) is 0 Å². The van der Waals surface area contributed by atoms with Crippen molar-refractivity contribution in [2.75, 3.05) is 33.9 Å². The second-order valence-electron chi connectivity index (χ2n) is 7.58. The first kappa shape index (κ1) is 18.8. The van der Waals surface area contributed by atoms with Crippen LogP contribution in [0.25, 0.3) is 0 Å². The summed E-state index contributed by atoms with van der Waals surface area (Å²) in [5, 5.41) is 0. The summed E-state index contributed by atoms with van der Waals surface area (Å²) in [5.74, 6) is 1.81. The summed E-state index contributed by atoms with van der Waals surface area (Å²) in [6, 6.07) is 14.4. The van der Waals surface area contributed by atoms with Crippen LogP contribution in [-0.4, -0.2) is 49.6 Å². The van der Waals surface area contributed by atoms with E-state index >= 15 is 0 Å². The van der Waals surface area contributed by atoms with Gasteiger partial charge in [0.25, 0.3) is 0 Å². The van der Waals surface area contributed by atoms with E-state index in [4.69, 9.17) is 9.47 Å². The minimum Gasteiger partial charge on any atom is -0.497 e. The van der Waals surface area contributed by atoms with Gasteiger partial charge in [0.15, 0.2) is 0 Å². The van der Waals surface area contributed by atoms with Gasteiger partial charge in [-0.25, -0.2) is 0 Å². The van der Waals surface area contributed by atoms with E-state index in [2.05, 4.69) is 29.2 Å². The lowest BCUT2D eigenvalue weighted by molar-refractivity contribution is -0.133. The third kappa shape index (κ3) is 3.72. The molecule has 2 aliphatic rings. The van der Waals surface area contributed by atoms with Gasteiger partial charge >= 0.3 is 0 Å². The van der Waals surface area contributed by atoms with E-state index in [1.807, 2.05) is 23.1 Å². The smallest absolute Gasteiger partial charge is 0.237 e. The Hall–Kier alpha value is -2.53. The fraction of sp³-hybridized carbons (Fsp3) is 0.435. The fourth-order valence-electron chi connectivity index (χ4n) is 4.46. The third-order valence-electron chi connectivity index (χ3n) is 5.94. The Morgan fingerprint density at radius 2 is 1.89 bits per heavy atom. The number of nitrogens with zero attached hydrogens (tertiary/aromatic N) is 2. The van der Waals surface area contributed by atoms with Crippen molar-refractivity contribution in [1.29, 1.82) is 0 Å². The van der Waals surface area contributed by atoms with Gasteiger partial charge < -0.3 is 14.4 Å². The first-order valence-electron chi connectivity index (χ1n) is 10.00. The SMILES string of the molecule is COc1ccc(OC)c([C@@H]2CCCN2C(=O)CN2CCc3ccccc3C2)c1. The highest BCUT2D eigenvalue weighted by Crippen LogP contribution is 2.39. The predicted octanol–water partition coefficient (Wildman–Crippen LogP) is 3.43. The summed E-state index contributed by atoms with van der Waals surface area (Å²) in [6.45, 7) is 3.05. The van der Waals surface area contributed by atoms with Crippen LogP contribution >= 0.6 is 0 Å². The van der Waals surface area contributed by atoms with Crippen LogP contribution in [0.1, 0.15) is 35.6 Å². The van der Waals surface area contributed by atoms with Crippen LogP contribution in [0.3, 0.4) is 0 Å². The predicted molar refractivity (Wildman–Crippen MR) is 109 cm³/mol. The summed E-state index contributed by atoms with van der Waals surface area (Å²) in [6.07, 6.45) is 2.98. The maximum absolute atomic E-state index is 13.2. The molecule has 0 aliphatic carbocycles. The third-order valence-corrected chi connectivity index (χ3v) is 5.94. The molecule has 1 amide bonds. The van der Waals surface area contributed by atoms with Gasteiger partial charge in [0.05, 0.1) is 26.8 Å². The number of benzene rings is 2. The molecular formula is C23H28N2O3. The van der Waals surface area contributed by atoms with Gasteiger partial charge in [-0.15, -0.1) is 0 Å². The van der Waals surface area contributed by atoms with E-state index in [1.165, 1.54) is 11.1 Å². The molecule has 148 valence electrons. The number of rotatable bonds is 5. The number of carbonyl (C=O) groups is 1. The average molecular weight is 380 g/mol. The first-order chi connectivity index (χ1) is 13.7. The molecule has 0 N–H and O–H groups in total. The Morgan fingerprint density at radius 3 is 2.68 bits per heavy atom. The van der Waals surface area contributed by atoms with Gasteiger partial charge in [-0.3, -0.25) is 9.69 Å². The molecule has 2 aliphatic heterocycles. The summed E-state index contributed by atoms with van der Waals surface area (Å²) in [4.78, 5) is 17.5. The number of fused-ring (bicyclic) bond motifs is 1. The minimum atomic E-state index is 0.0506. The van der Waals surface area contributed by atoms with E-state index < -0.39 is 0 Å². The monoisotopic (exact) mass is 380 g/mol. The van der Waals surface area contributed by atoms with Crippen LogP contribution in [0.4, 0.5) is 0 Å². The number of hydrogen-bond acceptors (Lipinski definition) is 4. The highest BCUT2D eigenvalue weighted by Gasteiger charge is 2.33. The molecule has 2 heterocycles. The van der Waals surface area contributed by atoms with Crippen molar-refractivity contribution >= 4 is 5.91 Å². The van der Waals surface area contributed by atoms with Crippen LogP contribution in [0.2, 0.25) is 0 Å². The number of likely N-dealkylation sites (tertiary alicyclic amines) is 1. The maximum atomic E-state index is 13.2. The minimum absolute atomic E-state index is 0.0506. The molecule has 0 spiro atoms. The largest absolute Gasteiger partial charge is 0.497 e. The molecule has 0 radical (unpaired) electrons. The average Bonchev–Trinajstić information content (AvgIpc) is 3.23. The zero-order valence-corrected chi connectivity index (χ0v) is 16.7. The molecule has 28 heavy (non-hydrogen) atoms. The lowest BCUT2D eigenvalue weighted by Gasteiger charge is -2.32. The highest BCUT2D eigenvalue weighted by molar-refractivity contribution is 5.79. The van der Waals surface area contributed by atoms with Gasteiger partial charge in [-0.1, -0.05) is 24.3 Å². The molecule has 0 saturated carbocycles. The Bertz CT molecular complexity index is 851. The number of hydrogen-bond donors (Lipinski definition) is 0. The van der Waals surface area contributed by atoms with Gasteiger partial charge in [0.1, 0.15) is 11.5 Å². The van der Waals surface area contributed by atoms with Crippen molar-refractivity contribution in [3.63, 3.8) is 0 Å².